The lowest BCUT2D eigenvalue weighted by atomic mass is 10.0. The molecule has 0 spiro atoms. The van der Waals surface area contributed by atoms with Crippen LogP contribution in [0.3, 0.4) is 0 Å². The summed E-state index contributed by atoms with van der Waals surface area (Å²) in [4.78, 5) is 16.6. The minimum atomic E-state index is -5.37. The van der Waals surface area contributed by atoms with Gasteiger partial charge in [0.2, 0.25) is 0 Å². The third kappa shape index (κ3) is 5.53. The number of aliphatic imine (C=N–C) groups is 1. The maximum absolute atomic E-state index is 13.6. The Bertz CT molecular complexity index is 1030. The predicted molar refractivity (Wildman–Crippen MR) is 101 cm³/mol. The molecule has 0 heterocycles. The van der Waals surface area contributed by atoms with E-state index in [-0.39, 0.29) is 24.4 Å². The maximum atomic E-state index is 13.6. The fourth-order valence-corrected chi connectivity index (χ4v) is 2.62. The molecule has 0 aliphatic heterocycles. The van der Waals surface area contributed by atoms with E-state index in [1.54, 1.807) is 0 Å². The minimum absolute atomic E-state index is 0.0575. The van der Waals surface area contributed by atoms with Crippen molar-refractivity contribution >= 4 is 24.0 Å². The Morgan fingerprint density at radius 3 is 2.19 bits per heavy atom. The van der Waals surface area contributed by atoms with Crippen LogP contribution in [0.15, 0.2) is 41.4 Å². The molecule has 0 saturated carbocycles. The molecule has 0 saturated heterocycles. The Kier molecular flexibility index (Phi) is 7.11. The normalized spacial score (nSPS) is 12.4. The molecule has 13 heteroatoms. The Hall–Kier alpha value is -3.64. The van der Waals surface area contributed by atoms with Gasteiger partial charge in [0.05, 0.1) is 16.7 Å². The molecule has 0 unspecified atom stereocenters. The van der Waals surface area contributed by atoms with Gasteiger partial charge in [0.15, 0.2) is 5.75 Å². The number of ether oxygens (including phenoxy) is 1. The zero-order chi connectivity index (χ0) is 24.3. The highest BCUT2D eigenvalue weighted by atomic mass is 19.4. The molecule has 2 rings (SSSR count). The molecule has 2 aromatic rings. The van der Waals surface area contributed by atoms with Crippen LogP contribution in [0, 0.1) is 11.2 Å². The molecule has 2 aromatic carbocycles. The van der Waals surface area contributed by atoms with Crippen LogP contribution >= 0.6 is 0 Å². The molecule has 3 N–H and O–H groups in total. The number of amides is 1. The maximum Gasteiger partial charge on any atom is 0.420 e. The van der Waals surface area contributed by atoms with E-state index in [0.29, 0.717) is 6.34 Å². The smallest absolute Gasteiger partial charge is 0.409 e. The molecule has 0 radical (unpaired) electrons. The van der Waals surface area contributed by atoms with Crippen LogP contribution in [-0.4, -0.2) is 24.8 Å². The second-order valence-electron chi connectivity index (χ2n) is 6.13. The van der Waals surface area contributed by atoms with Gasteiger partial charge in [-0.25, -0.2) is 14.2 Å². The number of hydrogen-bond acceptors (Lipinski definition) is 3. The summed E-state index contributed by atoms with van der Waals surface area (Å²) < 4.78 is 98.3. The number of carbonyl (C=O) groups is 1. The van der Waals surface area contributed by atoms with Crippen LogP contribution < -0.4 is 15.4 Å². The number of carbonyl (C=O) groups excluding carboxylic acids is 1. The minimum Gasteiger partial charge on any atom is -0.409 e. The zero-order valence-electron chi connectivity index (χ0n) is 16.2. The van der Waals surface area contributed by atoms with Gasteiger partial charge in [-0.1, -0.05) is 0 Å². The first kappa shape index (κ1) is 24.6. The average molecular weight is 464 g/mol. The van der Waals surface area contributed by atoms with Crippen molar-refractivity contribution in [2.24, 2.45) is 10.7 Å². The first-order chi connectivity index (χ1) is 14.8. The lowest BCUT2D eigenvalue weighted by Gasteiger charge is -2.23. The van der Waals surface area contributed by atoms with Gasteiger partial charge in [0, 0.05) is 12.2 Å². The topological polar surface area (TPSA) is 91.8 Å². The van der Waals surface area contributed by atoms with Crippen LogP contribution in [0.4, 0.5) is 41.2 Å². The Labute approximate surface area is 176 Å². The molecular weight excluding hydrogens is 449 g/mol. The van der Waals surface area contributed by atoms with E-state index >= 15 is 0 Å². The van der Waals surface area contributed by atoms with E-state index < -0.39 is 52.5 Å². The predicted octanol–water partition coefficient (Wildman–Crippen LogP) is 5.20. The summed E-state index contributed by atoms with van der Waals surface area (Å²) in [5, 5.41) is 6.89. The van der Waals surface area contributed by atoms with E-state index in [1.165, 1.54) is 6.92 Å². The number of hydrogen-bond donors (Lipinski definition) is 2. The van der Waals surface area contributed by atoms with Gasteiger partial charge < -0.3 is 10.5 Å². The lowest BCUT2D eigenvalue weighted by molar-refractivity contribution is -0.143. The Balaban J connectivity index is 2.68. The van der Waals surface area contributed by atoms with Crippen molar-refractivity contribution in [3.8, 4) is 5.75 Å². The number of nitrogens with two attached hydrogens (primary N) is 1. The summed E-state index contributed by atoms with van der Waals surface area (Å²) >= 11 is 0. The molecule has 0 aliphatic rings. The first-order valence-corrected chi connectivity index (χ1v) is 8.69. The molecule has 0 bridgehead atoms. The monoisotopic (exact) mass is 464 g/mol. The van der Waals surface area contributed by atoms with Crippen molar-refractivity contribution in [1.29, 1.82) is 5.41 Å². The van der Waals surface area contributed by atoms with Gasteiger partial charge >= 0.3 is 18.4 Å². The molecule has 0 atom stereocenters. The van der Waals surface area contributed by atoms with E-state index in [1.807, 2.05) is 0 Å². The van der Waals surface area contributed by atoms with Gasteiger partial charge in [0.1, 0.15) is 18.0 Å². The summed E-state index contributed by atoms with van der Waals surface area (Å²) in [6, 6.07) is 4.30. The van der Waals surface area contributed by atoms with Gasteiger partial charge in [-0.2, -0.15) is 26.3 Å². The van der Waals surface area contributed by atoms with Crippen molar-refractivity contribution in [3.63, 3.8) is 0 Å². The third-order valence-corrected chi connectivity index (χ3v) is 4.07. The highest BCUT2D eigenvalue weighted by Crippen LogP contribution is 2.43. The molecule has 0 aromatic heterocycles. The third-order valence-electron chi connectivity index (χ3n) is 4.07. The SMILES string of the molecule is CCN(C(=O)Oc1c(C(N)=NC=N)cc(C(F)(F)F)cc1C(F)(F)F)c1ccc(F)cc1. The van der Waals surface area contributed by atoms with Gasteiger partial charge in [-0.15, -0.1) is 0 Å². The summed E-state index contributed by atoms with van der Waals surface area (Å²) in [5.41, 5.74) is 0.894. The van der Waals surface area contributed by atoms with Gasteiger partial charge in [-0.05, 0) is 43.3 Å². The number of nitrogens with one attached hydrogen (secondary N) is 1. The number of anilines is 1. The highest BCUT2D eigenvalue weighted by molar-refractivity contribution is 6.04. The van der Waals surface area contributed by atoms with Crippen LogP contribution in [0.25, 0.3) is 0 Å². The number of nitrogens with zero attached hydrogens (tertiary/aromatic N) is 2. The van der Waals surface area contributed by atoms with Crippen molar-refractivity contribution in [3.05, 3.63) is 58.9 Å². The van der Waals surface area contributed by atoms with E-state index in [4.69, 9.17) is 15.9 Å². The summed E-state index contributed by atoms with van der Waals surface area (Å²) in [7, 11) is 0. The first-order valence-electron chi connectivity index (χ1n) is 8.69. The molecule has 6 nitrogen and oxygen atoms in total. The summed E-state index contributed by atoms with van der Waals surface area (Å²) in [6.07, 6.45) is -11.7. The Morgan fingerprint density at radius 1 is 1.12 bits per heavy atom. The summed E-state index contributed by atoms with van der Waals surface area (Å²) in [5.74, 6) is -2.87. The summed E-state index contributed by atoms with van der Waals surface area (Å²) in [6.45, 7) is 1.31. The van der Waals surface area contributed by atoms with Crippen molar-refractivity contribution in [2.45, 2.75) is 19.3 Å². The van der Waals surface area contributed by atoms with Gasteiger partial charge in [0.25, 0.3) is 0 Å². The van der Waals surface area contributed by atoms with Crippen LogP contribution in [0.1, 0.15) is 23.6 Å². The number of halogens is 7. The molecular formula is C19H15F7N4O2. The van der Waals surface area contributed by atoms with Crippen molar-refractivity contribution < 1.29 is 40.3 Å². The molecule has 1 amide bonds. The fourth-order valence-electron chi connectivity index (χ4n) is 2.62. The number of amidine groups is 1. The van der Waals surface area contributed by atoms with E-state index in [9.17, 15) is 35.5 Å². The quantitative estimate of drug-likeness (QED) is 0.362. The number of alkyl halides is 6. The number of rotatable bonds is 5. The highest BCUT2D eigenvalue weighted by Gasteiger charge is 2.41. The van der Waals surface area contributed by atoms with Crippen molar-refractivity contribution in [2.75, 3.05) is 11.4 Å². The van der Waals surface area contributed by atoms with Gasteiger partial charge in [-0.3, -0.25) is 10.3 Å². The van der Waals surface area contributed by atoms with E-state index in [0.717, 1.165) is 29.2 Å². The second-order valence-corrected chi connectivity index (χ2v) is 6.13. The fraction of sp³-hybridized carbons (Fsp3) is 0.211. The van der Waals surface area contributed by atoms with Crippen LogP contribution in [0.2, 0.25) is 0 Å². The van der Waals surface area contributed by atoms with Crippen molar-refractivity contribution in [1.82, 2.24) is 0 Å². The van der Waals surface area contributed by atoms with Crippen LogP contribution in [-0.2, 0) is 12.4 Å². The number of benzene rings is 2. The Morgan fingerprint density at radius 2 is 1.72 bits per heavy atom. The van der Waals surface area contributed by atoms with Crippen LogP contribution in [0.5, 0.6) is 5.75 Å². The largest absolute Gasteiger partial charge is 0.420 e. The lowest BCUT2D eigenvalue weighted by Crippen LogP contribution is -2.34. The average Bonchev–Trinajstić information content (AvgIpc) is 2.68. The molecule has 32 heavy (non-hydrogen) atoms. The molecule has 172 valence electrons. The standard InChI is InChI=1S/C19H15F7N4O2/c1-2-30(12-5-3-11(20)4-6-12)17(31)32-15-13(16(28)29-9-27)7-10(18(21,22)23)8-14(15)19(24,25)26/h3-9H,2H2,1H3,(H3,27,28,29). The second kappa shape index (κ2) is 9.24. The molecule has 0 fully saturated rings. The zero-order valence-corrected chi connectivity index (χ0v) is 16.2. The molecule has 0 aliphatic carbocycles. The van der Waals surface area contributed by atoms with E-state index in [2.05, 4.69) is 4.99 Å².